The number of rotatable bonds is 6. The molecule has 0 spiro atoms. The Morgan fingerprint density at radius 1 is 1.48 bits per heavy atom. The summed E-state index contributed by atoms with van der Waals surface area (Å²) in [6.45, 7) is 1.43. The highest BCUT2D eigenvalue weighted by Crippen LogP contribution is 2.24. The second kappa shape index (κ2) is 7.06. The van der Waals surface area contributed by atoms with Crippen LogP contribution in [0.3, 0.4) is 0 Å². The van der Waals surface area contributed by atoms with E-state index in [0.29, 0.717) is 25.9 Å². The van der Waals surface area contributed by atoms with Crippen molar-refractivity contribution in [1.82, 2.24) is 15.3 Å². The van der Waals surface area contributed by atoms with Crippen molar-refractivity contribution in [3.63, 3.8) is 0 Å². The minimum Gasteiger partial charge on any atom is -0.386 e. The molecule has 1 amide bonds. The Balaban J connectivity index is 1.45. The molecule has 3 heterocycles. The van der Waals surface area contributed by atoms with Crippen LogP contribution in [0.25, 0.3) is 0 Å². The first kappa shape index (κ1) is 15.9. The highest BCUT2D eigenvalue weighted by atomic mass is 32.1. The van der Waals surface area contributed by atoms with Crippen LogP contribution < -0.4 is 10.2 Å². The first-order valence-electron chi connectivity index (χ1n) is 7.67. The van der Waals surface area contributed by atoms with Crippen LogP contribution in [0, 0.1) is 0 Å². The number of amides is 1. The quantitative estimate of drug-likeness (QED) is 0.832. The smallest absolute Gasteiger partial charge is 0.220 e. The van der Waals surface area contributed by atoms with E-state index in [1.54, 1.807) is 29.9 Å². The molecule has 1 atom stereocenters. The third kappa shape index (κ3) is 4.27. The lowest BCUT2D eigenvalue weighted by Gasteiger charge is -2.24. The number of aryl methyl sites for hydroxylation is 1. The minimum atomic E-state index is -0.907. The molecule has 0 saturated carbocycles. The van der Waals surface area contributed by atoms with Crippen molar-refractivity contribution >= 4 is 23.1 Å². The lowest BCUT2D eigenvalue weighted by Crippen LogP contribution is -2.45. The second-order valence-electron chi connectivity index (χ2n) is 5.82. The van der Waals surface area contributed by atoms with Gasteiger partial charge in [-0.3, -0.25) is 9.78 Å². The first-order chi connectivity index (χ1) is 11.1. The molecule has 122 valence electrons. The highest BCUT2D eigenvalue weighted by Gasteiger charge is 2.36. The molecule has 1 aliphatic rings. The molecule has 0 aromatic carbocycles. The summed E-state index contributed by atoms with van der Waals surface area (Å²) >= 11 is 1.66. The summed E-state index contributed by atoms with van der Waals surface area (Å²) in [5.41, 5.74) is -0.907. The van der Waals surface area contributed by atoms with E-state index in [0.717, 1.165) is 12.2 Å². The van der Waals surface area contributed by atoms with E-state index < -0.39 is 5.60 Å². The van der Waals surface area contributed by atoms with Gasteiger partial charge in [-0.2, -0.15) is 0 Å². The largest absolute Gasteiger partial charge is 0.386 e. The lowest BCUT2D eigenvalue weighted by molar-refractivity contribution is -0.122. The minimum absolute atomic E-state index is 0.0234. The molecule has 2 aromatic rings. The van der Waals surface area contributed by atoms with E-state index >= 15 is 0 Å². The summed E-state index contributed by atoms with van der Waals surface area (Å²) in [6.07, 6.45) is 6.75. The Morgan fingerprint density at radius 3 is 3.13 bits per heavy atom. The number of nitrogens with one attached hydrogen (secondary N) is 1. The number of thiophene rings is 1. The molecule has 0 bridgehead atoms. The average molecular weight is 332 g/mol. The predicted octanol–water partition coefficient (Wildman–Crippen LogP) is 1.23. The Hall–Kier alpha value is -1.99. The van der Waals surface area contributed by atoms with Crippen LogP contribution in [-0.4, -0.2) is 46.2 Å². The molecule has 7 heteroatoms. The molecule has 6 nitrogen and oxygen atoms in total. The highest BCUT2D eigenvalue weighted by molar-refractivity contribution is 7.09. The maximum absolute atomic E-state index is 11.9. The summed E-state index contributed by atoms with van der Waals surface area (Å²) in [7, 11) is 0. The van der Waals surface area contributed by atoms with Crippen LogP contribution in [-0.2, 0) is 11.2 Å². The van der Waals surface area contributed by atoms with Crippen molar-refractivity contribution < 1.29 is 9.90 Å². The van der Waals surface area contributed by atoms with E-state index in [2.05, 4.69) is 15.3 Å². The van der Waals surface area contributed by atoms with Gasteiger partial charge < -0.3 is 15.3 Å². The van der Waals surface area contributed by atoms with Crippen LogP contribution in [0.1, 0.15) is 17.7 Å². The van der Waals surface area contributed by atoms with Gasteiger partial charge in [0.1, 0.15) is 11.4 Å². The van der Waals surface area contributed by atoms with Crippen molar-refractivity contribution in [3.8, 4) is 0 Å². The van der Waals surface area contributed by atoms with E-state index in [9.17, 15) is 9.90 Å². The summed E-state index contributed by atoms with van der Waals surface area (Å²) < 4.78 is 0. The number of hydrogen-bond donors (Lipinski definition) is 2. The van der Waals surface area contributed by atoms with Gasteiger partial charge in [0.15, 0.2) is 0 Å². The molecule has 1 aliphatic heterocycles. The van der Waals surface area contributed by atoms with Gasteiger partial charge >= 0.3 is 0 Å². The Morgan fingerprint density at radius 2 is 2.39 bits per heavy atom. The zero-order valence-electron chi connectivity index (χ0n) is 12.8. The third-order valence-electron chi connectivity index (χ3n) is 4.00. The molecule has 0 aliphatic carbocycles. The summed E-state index contributed by atoms with van der Waals surface area (Å²) in [5.74, 6) is 0.734. The van der Waals surface area contributed by atoms with E-state index in [4.69, 9.17) is 0 Å². The summed E-state index contributed by atoms with van der Waals surface area (Å²) in [5, 5.41) is 15.5. The van der Waals surface area contributed by atoms with Crippen LogP contribution >= 0.6 is 11.3 Å². The van der Waals surface area contributed by atoms with Gasteiger partial charge in [0, 0.05) is 43.3 Å². The SMILES string of the molecule is O=C(CCc1cccs1)NC[C@]1(O)CCN(c2cnccn2)C1. The number of nitrogens with zero attached hydrogens (tertiary/aromatic N) is 3. The van der Waals surface area contributed by atoms with E-state index in [1.165, 1.54) is 4.88 Å². The number of β-amino-alcohol motifs (C(OH)–C–C–N with tert-alkyl or cyclic N) is 1. The maximum atomic E-state index is 11.9. The van der Waals surface area contributed by atoms with Crippen LogP contribution in [0.5, 0.6) is 0 Å². The molecule has 0 unspecified atom stereocenters. The van der Waals surface area contributed by atoms with Crippen LogP contribution in [0.15, 0.2) is 36.1 Å². The molecular formula is C16H20N4O2S. The molecule has 2 N–H and O–H groups in total. The van der Waals surface area contributed by atoms with E-state index in [1.807, 2.05) is 22.4 Å². The van der Waals surface area contributed by atoms with Crippen molar-refractivity contribution in [2.45, 2.75) is 24.9 Å². The first-order valence-corrected chi connectivity index (χ1v) is 8.55. The zero-order valence-corrected chi connectivity index (χ0v) is 13.6. The Kier molecular flexibility index (Phi) is 4.88. The topological polar surface area (TPSA) is 78.4 Å². The standard InChI is InChI=1S/C16H20N4O2S/c21-15(4-3-13-2-1-9-23-13)19-11-16(22)5-8-20(12-16)14-10-17-6-7-18-14/h1-2,6-7,9-10,22H,3-5,8,11-12H2,(H,19,21)/t16-/m1/s1. The van der Waals surface area contributed by atoms with Crippen molar-refractivity contribution in [2.75, 3.05) is 24.5 Å². The molecule has 0 radical (unpaired) electrons. The molecule has 1 fully saturated rings. The molecule has 23 heavy (non-hydrogen) atoms. The van der Waals surface area contributed by atoms with Gasteiger partial charge in [-0.1, -0.05) is 6.07 Å². The summed E-state index contributed by atoms with van der Waals surface area (Å²) in [6, 6.07) is 4.02. The van der Waals surface area contributed by atoms with Gasteiger partial charge in [0.25, 0.3) is 0 Å². The molecule has 1 saturated heterocycles. The fraction of sp³-hybridized carbons (Fsp3) is 0.438. The van der Waals surface area contributed by atoms with Crippen LogP contribution in [0.4, 0.5) is 5.82 Å². The third-order valence-corrected chi connectivity index (χ3v) is 4.94. The van der Waals surface area contributed by atoms with Gasteiger partial charge in [0.2, 0.25) is 5.91 Å². The van der Waals surface area contributed by atoms with Gasteiger partial charge in [-0.15, -0.1) is 11.3 Å². The number of aromatic nitrogens is 2. The van der Waals surface area contributed by atoms with Gasteiger partial charge in [-0.25, -0.2) is 4.98 Å². The predicted molar refractivity (Wildman–Crippen MR) is 89.5 cm³/mol. The Labute approximate surface area is 139 Å². The molecular weight excluding hydrogens is 312 g/mol. The number of anilines is 1. The van der Waals surface area contributed by atoms with E-state index in [-0.39, 0.29) is 12.5 Å². The average Bonchev–Trinajstić information content (AvgIpc) is 3.22. The lowest BCUT2D eigenvalue weighted by atomic mass is 10.0. The van der Waals surface area contributed by atoms with Crippen molar-refractivity contribution in [1.29, 1.82) is 0 Å². The summed E-state index contributed by atoms with van der Waals surface area (Å²) in [4.78, 5) is 23.4. The molecule has 3 rings (SSSR count). The fourth-order valence-corrected chi connectivity index (χ4v) is 3.40. The van der Waals surface area contributed by atoms with Gasteiger partial charge in [-0.05, 0) is 24.3 Å². The van der Waals surface area contributed by atoms with Crippen molar-refractivity contribution in [2.24, 2.45) is 0 Å². The number of aliphatic hydroxyl groups is 1. The number of carbonyl (C=O) groups is 1. The number of hydrogen-bond acceptors (Lipinski definition) is 6. The van der Waals surface area contributed by atoms with Crippen molar-refractivity contribution in [3.05, 3.63) is 41.0 Å². The fourth-order valence-electron chi connectivity index (χ4n) is 2.69. The normalized spacial score (nSPS) is 20.7. The maximum Gasteiger partial charge on any atom is 0.220 e. The second-order valence-corrected chi connectivity index (χ2v) is 6.85. The Bertz CT molecular complexity index is 635. The van der Waals surface area contributed by atoms with Crippen LogP contribution in [0.2, 0.25) is 0 Å². The number of carbonyl (C=O) groups excluding carboxylic acids is 1. The molecule has 2 aromatic heterocycles. The monoisotopic (exact) mass is 332 g/mol. The zero-order chi connectivity index (χ0) is 16.1. The van der Waals surface area contributed by atoms with Gasteiger partial charge in [0.05, 0.1) is 6.20 Å².